The Hall–Kier alpha value is -3.33. The Morgan fingerprint density at radius 3 is 2.80 bits per heavy atom. The maximum atomic E-state index is 12.4. The van der Waals surface area contributed by atoms with Crippen LogP contribution >= 0.6 is 11.3 Å². The van der Waals surface area contributed by atoms with Crippen LogP contribution in [-0.2, 0) is 16.0 Å². The van der Waals surface area contributed by atoms with E-state index in [1.54, 1.807) is 12.3 Å². The van der Waals surface area contributed by atoms with Crippen LogP contribution in [0.1, 0.15) is 40.8 Å². The highest BCUT2D eigenvalue weighted by molar-refractivity contribution is 7.14. The zero-order chi connectivity index (χ0) is 21.3. The predicted molar refractivity (Wildman–Crippen MR) is 115 cm³/mol. The van der Waals surface area contributed by atoms with Crippen LogP contribution in [0.5, 0.6) is 0 Å². The van der Waals surface area contributed by atoms with Crippen LogP contribution < -0.4 is 5.32 Å². The molecule has 0 saturated carbocycles. The number of ether oxygens (including phenoxy) is 1. The van der Waals surface area contributed by atoms with Gasteiger partial charge >= 0.3 is 5.97 Å². The summed E-state index contributed by atoms with van der Waals surface area (Å²) in [6.45, 7) is 5.96. The number of benzene rings is 1. The molecule has 1 amide bonds. The van der Waals surface area contributed by atoms with Crippen LogP contribution in [-0.4, -0.2) is 38.1 Å². The molecule has 0 aliphatic rings. The van der Waals surface area contributed by atoms with E-state index in [4.69, 9.17) is 9.72 Å². The van der Waals surface area contributed by atoms with Gasteiger partial charge in [0.2, 0.25) is 5.91 Å². The first kappa shape index (κ1) is 20.0. The second-order valence-electron chi connectivity index (χ2n) is 6.82. The van der Waals surface area contributed by atoms with Crippen molar-refractivity contribution in [1.29, 1.82) is 0 Å². The second kappa shape index (κ2) is 8.19. The highest BCUT2D eigenvalue weighted by atomic mass is 32.1. The maximum Gasteiger partial charge on any atom is 0.357 e. The largest absolute Gasteiger partial charge is 0.461 e. The van der Waals surface area contributed by atoms with Crippen LogP contribution in [0, 0.1) is 13.8 Å². The molecule has 3 heterocycles. The van der Waals surface area contributed by atoms with E-state index in [1.807, 2.05) is 42.6 Å². The summed E-state index contributed by atoms with van der Waals surface area (Å²) in [6, 6.07) is 7.90. The van der Waals surface area contributed by atoms with Crippen LogP contribution in [0.3, 0.4) is 0 Å². The van der Waals surface area contributed by atoms with Crippen LogP contribution in [0.25, 0.3) is 16.6 Å². The summed E-state index contributed by atoms with van der Waals surface area (Å²) in [5, 5.41) is 10.4. The summed E-state index contributed by atoms with van der Waals surface area (Å²) < 4.78 is 6.76. The van der Waals surface area contributed by atoms with Gasteiger partial charge in [-0.2, -0.15) is 5.10 Å². The van der Waals surface area contributed by atoms with Crippen molar-refractivity contribution in [3.63, 3.8) is 0 Å². The number of nitrogens with one attached hydrogen (secondary N) is 1. The van der Waals surface area contributed by atoms with Gasteiger partial charge in [-0.25, -0.2) is 19.3 Å². The molecular formula is C21H21N5O3S. The molecule has 4 rings (SSSR count). The van der Waals surface area contributed by atoms with E-state index >= 15 is 0 Å². The Morgan fingerprint density at radius 1 is 1.20 bits per heavy atom. The molecule has 3 aromatic heterocycles. The van der Waals surface area contributed by atoms with Gasteiger partial charge in [0.1, 0.15) is 0 Å². The number of aryl methyl sites for hydroxylation is 2. The zero-order valence-corrected chi connectivity index (χ0v) is 17.7. The lowest BCUT2D eigenvalue weighted by Crippen LogP contribution is -2.14. The van der Waals surface area contributed by atoms with Crippen molar-refractivity contribution in [2.75, 3.05) is 11.9 Å². The maximum absolute atomic E-state index is 12.4. The van der Waals surface area contributed by atoms with Crippen LogP contribution in [0.2, 0.25) is 0 Å². The van der Waals surface area contributed by atoms with Crippen molar-refractivity contribution in [3.8, 4) is 0 Å². The number of amides is 1. The van der Waals surface area contributed by atoms with E-state index in [0.717, 1.165) is 33.5 Å². The van der Waals surface area contributed by atoms with Gasteiger partial charge in [0.05, 0.1) is 12.1 Å². The van der Waals surface area contributed by atoms with Crippen molar-refractivity contribution in [2.45, 2.75) is 33.6 Å². The zero-order valence-electron chi connectivity index (χ0n) is 16.9. The number of hydrogen-bond acceptors (Lipinski definition) is 7. The molecule has 0 aliphatic heterocycles. The lowest BCUT2D eigenvalue weighted by Gasteiger charge is -2.11. The third kappa shape index (κ3) is 3.76. The summed E-state index contributed by atoms with van der Waals surface area (Å²) in [5.41, 5.74) is 4.77. The molecule has 0 fully saturated rings. The first-order valence-electron chi connectivity index (χ1n) is 9.64. The molecule has 4 aromatic rings. The number of carbonyl (C=O) groups is 2. The molecule has 0 spiro atoms. The summed E-state index contributed by atoms with van der Waals surface area (Å²) >= 11 is 1.19. The quantitative estimate of drug-likeness (QED) is 0.475. The SMILES string of the molecule is CCOC(=O)c1csc(NC(=O)CCc2c(C)nc3c4ccccc4nn3c2C)n1. The normalized spacial score (nSPS) is 11.2. The molecular weight excluding hydrogens is 402 g/mol. The average Bonchev–Trinajstić information content (AvgIpc) is 3.33. The molecule has 154 valence electrons. The highest BCUT2D eigenvalue weighted by Crippen LogP contribution is 2.23. The number of hydrogen-bond donors (Lipinski definition) is 1. The molecule has 0 aliphatic carbocycles. The Morgan fingerprint density at radius 2 is 2.00 bits per heavy atom. The fraction of sp³-hybridized carbons (Fsp3) is 0.286. The third-order valence-corrected chi connectivity index (χ3v) is 5.61. The van der Waals surface area contributed by atoms with Crippen molar-refractivity contribution in [2.24, 2.45) is 0 Å². The Kier molecular flexibility index (Phi) is 5.45. The Balaban J connectivity index is 1.49. The molecule has 0 unspecified atom stereocenters. The number of anilines is 1. The van der Waals surface area contributed by atoms with Crippen molar-refractivity contribution in [1.82, 2.24) is 19.6 Å². The van der Waals surface area contributed by atoms with Gasteiger partial charge in [-0.3, -0.25) is 4.79 Å². The minimum absolute atomic E-state index is 0.177. The number of esters is 1. The average molecular weight is 423 g/mol. The highest BCUT2D eigenvalue weighted by Gasteiger charge is 2.16. The van der Waals surface area contributed by atoms with Gasteiger partial charge in [0.25, 0.3) is 0 Å². The summed E-state index contributed by atoms with van der Waals surface area (Å²) in [7, 11) is 0. The number of rotatable bonds is 6. The lowest BCUT2D eigenvalue weighted by molar-refractivity contribution is -0.116. The topological polar surface area (TPSA) is 98.5 Å². The smallest absolute Gasteiger partial charge is 0.357 e. The van der Waals surface area contributed by atoms with Crippen molar-refractivity contribution >= 4 is 44.9 Å². The van der Waals surface area contributed by atoms with E-state index < -0.39 is 5.97 Å². The van der Waals surface area contributed by atoms with E-state index in [1.165, 1.54) is 11.3 Å². The molecule has 1 aromatic carbocycles. The Labute approximate surface area is 176 Å². The first-order valence-corrected chi connectivity index (χ1v) is 10.5. The number of aromatic nitrogens is 4. The van der Waals surface area contributed by atoms with Gasteiger partial charge in [-0.1, -0.05) is 12.1 Å². The summed E-state index contributed by atoms with van der Waals surface area (Å²) in [6.07, 6.45) is 0.794. The minimum atomic E-state index is -0.494. The molecule has 1 N–H and O–H groups in total. The standard InChI is InChI=1S/C21H21N5O3S/c1-4-29-20(28)17-11-30-21(23-17)24-18(27)10-9-14-12(2)22-19-15-7-5-6-8-16(15)25-26(19)13(14)3/h5-8,11H,4,9-10H2,1-3H3,(H,23,24,27). The Bertz CT molecular complexity index is 1260. The van der Waals surface area contributed by atoms with Crippen molar-refractivity contribution in [3.05, 3.63) is 52.3 Å². The number of thiazole rings is 1. The van der Waals surface area contributed by atoms with E-state index in [2.05, 4.69) is 15.4 Å². The third-order valence-electron chi connectivity index (χ3n) is 4.86. The molecule has 0 bridgehead atoms. The van der Waals surface area contributed by atoms with Gasteiger partial charge in [-0.05, 0) is 44.9 Å². The molecule has 0 saturated heterocycles. The molecule has 30 heavy (non-hydrogen) atoms. The van der Waals surface area contributed by atoms with E-state index in [9.17, 15) is 9.59 Å². The van der Waals surface area contributed by atoms with Crippen LogP contribution in [0.4, 0.5) is 5.13 Å². The summed E-state index contributed by atoms with van der Waals surface area (Å²) in [5.74, 6) is -0.671. The fourth-order valence-corrected chi connectivity index (χ4v) is 4.08. The van der Waals surface area contributed by atoms with Gasteiger partial charge < -0.3 is 10.1 Å². The second-order valence-corrected chi connectivity index (χ2v) is 7.68. The predicted octanol–water partition coefficient (Wildman–Crippen LogP) is 3.70. The lowest BCUT2D eigenvalue weighted by atomic mass is 10.1. The monoisotopic (exact) mass is 423 g/mol. The minimum Gasteiger partial charge on any atom is -0.461 e. The van der Waals surface area contributed by atoms with E-state index in [-0.39, 0.29) is 24.6 Å². The van der Waals surface area contributed by atoms with Gasteiger partial charge in [0.15, 0.2) is 16.5 Å². The van der Waals surface area contributed by atoms with E-state index in [0.29, 0.717) is 11.6 Å². The molecule has 0 radical (unpaired) electrons. The first-order chi connectivity index (χ1) is 14.5. The summed E-state index contributed by atoms with van der Waals surface area (Å²) in [4.78, 5) is 33.0. The molecule has 9 heteroatoms. The molecule has 8 nitrogen and oxygen atoms in total. The molecule has 0 atom stereocenters. The number of nitrogens with zero attached hydrogens (tertiary/aromatic N) is 4. The number of carbonyl (C=O) groups excluding carboxylic acids is 2. The fourth-order valence-electron chi connectivity index (χ4n) is 3.39. The number of fused-ring (bicyclic) bond motifs is 3. The van der Waals surface area contributed by atoms with Crippen LogP contribution in [0.15, 0.2) is 29.6 Å². The van der Waals surface area contributed by atoms with Crippen molar-refractivity contribution < 1.29 is 14.3 Å². The van der Waals surface area contributed by atoms with Gasteiger partial charge in [-0.15, -0.1) is 11.3 Å². The van der Waals surface area contributed by atoms with Gasteiger partial charge in [0, 0.05) is 28.6 Å².